The van der Waals surface area contributed by atoms with Crippen LogP contribution in [-0.4, -0.2) is 41.2 Å². The molecule has 1 aliphatic heterocycles. The molecule has 2 heterocycles. The molecule has 3 aromatic rings. The van der Waals surface area contributed by atoms with E-state index in [0.29, 0.717) is 28.3 Å². The minimum absolute atomic E-state index is 0.156. The molecule has 1 aliphatic rings. The summed E-state index contributed by atoms with van der Waals surface area (Å²) in [6.07, 6.45) is -6.32. The number of ether oxygens (including phenoxy) is 2. The first-order valence-electron chi connectivity index (χ1n) is 10.7. The fraction of sp³-hybridized carbons (Fsp3) is 0.333. The van der Waals surface area contributed by atoms with E-state index in [2.05, 4.69) is 9.72 Å². The number of halogens is 4. The minimum atomic E-state index is -4.81. The Kier molecular flexibility index (Phi) is 8.35. The van der Waals surface area contributed by atoms with Crippen molar-refractivity contribution in [3.05, 3.63) is 59.6 Å². The second-order valence-electron chi connectivity index (χ2n) is 7.28. The highest BCUT2D eigenvalue weighted by molar-refractivity contribution is 6.35. The van der Waals surface area contributed by atoms with Gasteiger partial charge in [-0.1, -0.05) is 37.6 Å². The second-order valence-corrected chi connectivity index (χ2v) is 7.69. The van der Waals surface area contributed by atoms with Crippen LogP contribution in [0.15, 0.2) is 54.6 Å². The molecule has 0 amide bonds. The molecular formula is C24H24ClF3N2O4. The Labute approximate surface area is 199 Å². The lowest BCUT2D eigenvalue weighted by Crippen LogP contribution is -2.45. The van der Waals surface area contributed by atoms with Crippen molar-refractivity contribution in [3.63, 3.8) is 0 Å². The van der Waals surface area contributed by atoms with E-state index in [9.17, 15) is 23.1 Å². The monoisotopic (exact) mass is 496 g/mol. The van der Waals surface area contributed by atoms with Crippen LogP contribution in [0.5, 0.6) is 5.75 Å². The number of nitrogens with zero attached hydrogens (tertiary/aromatic N) is 2. The first kappa shape index (κ1) is 25.7. The highest BCUT2D eigenvalue weighted by Crippen LogP contribution is 2.35. The zero-order chi connectivity index (χ0) is 24.9. The molecule has 0 spiro atoms. The Bertz CT molecular complexity index is 1110. The molecular weight excluding hydrogens is 473 g/mol. The Morgan fingerprint density at radius 1 is 1.12 bits per heavy atom. The van der Waals surface area contributed by atoms with Gasteiger partial charge < -0.3 is 19.4 Å². The number of pyridine rings is 1. The molecule has 1 N–H and O–H groups in total. The fourth-order valence-corrected chi connectivity index (χ4v) is 3.88. The maximum atomic E-state index is 12.5. The summed E-state index contributed by atoms with van der Waals surface area (Å²) in [5.74, 6) is 0.00455. The molecule has 0 radical (unpaired) electrons. The first-order chi connectivity index (χ1) is 16.2. The summed E-state index contributed by atoms with van der Waals surface area (Å²) in [5, 5.41) is 11.5. The molecule has 3 unspecified atom stereocenters. The van der Waals surface area contributed by atoms with Gasteiger partial charge in [0.15, 0.2) is 0 Å². The summed E-state index contributed by atoms with van der Waals surface area (Å²) in [5.41, 5.74) is 0.958. The van der Waals surface area contributed by atoms with Gasteiger partial charge in [-0.25, -0.2) is 4.98 Å². The van der Waals surface area contributed by atoms with Gasteiger partial charge in [0.1, 0.15) is 30.2 Å². The third-order valence-corrected chi connectivity index (χ3v) is 5.31. The summed E-state index contributed by atoms with van der Waals surface area (Å²) in [4.78, 5) is 17.6. The van der Waals surface area contributed by atoms with Crippen LogP contribution < -0.4 is 9.64 Å². The standard InChI is InChI=1S/C22H18ClF3N2O4.C2H6/c23-18-3-1-2-13-4-9-19(27-21(13)18)28(20-11-15(30)10-17(12-29)31-20)14-5-7-16(8-6-14)32-22(24,25)26;1-2/h1-9,12,15,17,20,30H,10-11H2;1-2H3. The van der Waals surface area contributed by atoms with Crippen LogP contribution in [0, 0.1) is 0 Å². The van der Waals surface area contributed by atoms with Crippen LogP contribution in [0.2, 0.25) is 5.02 Å². The number of para-hydroxylation sites is 1. The van der Waals surface area contributed by atoms with Crippen molar-refractivity contribution in [2.24, 2.45) is 0 Å². The average Bonchev–Trinajstić information content (AvgIpc) is 2.81. The molecule has 0 bridgehead atoms. The lowest BCUT2D eigenvalue weighted by molar-refractivity contribution is -0.274. The van der Waals surface area contributed by atoms with Crippen molar-refractivity contribution < 1.29 is 32.5 Å². The topological polar surface area (TPSA) is 71.9 Å². The van der Waals surface area contributed by atoms with E-state index in [-0.39, 0.29) is 18.6 Å². The number of fused-ring (bicyclic) bond motifs is 1. The van der Waals surface area contributed by atoms with Crippen LogP contribution in [-0.2, 0) is 9.53 Å². The number of hydrogen-bond donors (Lipinski definition) is 1. The Hall–Kier alpha value is -2.88. The summed E-state index contributed by atoms with van der Waals surface area (Å²) in [6, 6.07) is 14.0. The molecule has 3 atom stereocenters. The molecule has 0 aliphatic carbocycles. The number of alkyl halides is 3. The molecule has 4 rings (SSSR count). The van der Waals surface area contributed by atoms with Crippen molar-refractivity contribution in [3.8, 4) is 5.75 Å². The number of hydrogen-bond acceptors (Lipinski definition) is 6. The predicted octanol–water partition coefficient (Wildman–Crippen LogP) is 6.02. The summed E-state index contributed by atoms with van der Waals surface area (Å²) in [6.45, 7) is 4.00. The molecule has 10 heteroatoms. The maximum absolute atomic E-state index is 12.5. The Morgan fingerprint density at radius 2 is 1.82 bits per heavy atom. The molecule has 182 valence electrons. The van der Waals surface area contributed by atoms with E-state index in [4.69, 9.17) is 16.3 Å². The molecule has 6 nitrogen and oxygen atoms in total. The highest BCUT2D eigenvalue weighted by atomic mass is 35.5. The average molecular weight is 497 g/mol. The third-order valence-electron chi connectivity index (χ3n) is 5.00. The van der Waals surface area contributed by atoms with E-state index < -0.39 is 24.8 Å². The van der Waals surface area contributed by atoms with Crippen molar-refractivity contribution in [2.45, 2.75) is 51.5 Å². The van der Waals surface area contributed by atoms with Gasteiger partial charge in [0.25, 0.3) is 0 Å². The molecule has 0 saturated carbocycles. The van der Waals surface area contributed by atoms with Gasteiger partial charge in [0, 0.05) is 23.9 Å². The van der Waals surface area contributed by atoms with Crippen LogP contribution in [0.3, 0.4) is 0 Å². The van der Waals surface area contributed by atoms with Crippen molar-refractivity contribution in [1.82, 2.24) is 4.98 Å². The van der Waals surface area contributed by atoms with Crippen molar-refractivity contribution >= 4 is 40.3 Å². The lowest BCUT2D eigenvalue weighted by atomic mass is 10.0. The Balaban J connectivity index is 0.00000158. The number of aliphatic hydroxyl groups is 1. The van der Waals surface area contributed by atoms with Crippen molar-refractivity contribution in [1.29, 1.82) is 0 Å². The molecule has 2 aromatic carbocycles. The van der Waals surface area contributed by atoms with Gasteiger partial charge >= 0.3 is 6.36 Å². The summed E-state index contributed by atoms with van der Waals surface area (Å²) >= 11 is 6.29. The number of carbonyl (C=O) groups excluding carboxylic acids is 1. The smallest absolute Gasteiger partial charge is 0.406 e. The minimum Gasteiger partial charge on any atom is -0.406 e. The van der Waals surface area contributed by atoms with Crippen molar-refractivity contribution in [2.75, 3.05) is 4.90 Å². The number of benzene rings is 2. The number of aromatic nitrogens is 1. The van der Waals surface area contributed by atoms with E-state index in [1.54, 1.807) is 29.2 Å². The van der Waals surface area contributed by atoms with E-state index in [0.717, 1.165) is 5.39 Å². The fourth-order valence-electron chi connectivity index (χ4n) is 3.65. The van der Waals surface area contributed by atoms with E-state index >= 15 is 0 Å². The lowest BCUT2D eigenvalue weighted by Gasteiger charge is -2.39. The first-order valence-corrected chi connectivity index (χ1v) is 11.1. The van der Waals surface area contributed by atoms with Gasteiger partial charge in [0.05, 0.1) is 16.6 Å². The van der Waals surface area contributed by atoms with Crippen LogP contribution in [0.25, 0.3) is 10.9 Å². The number of carbonyl (C=O) groups is 1. The van der Waals surface area contributed by atoms with E-state index in [1.807, 2.05) is 19.9 Å². The number of rotatable bonds is 5. The van der Waals surface area contributed by atoms with Gasteiger partial charge in [-0.2, -0.15) is 0 Å². The highest BCUT2D eigenvalue weighted by Gasteiger charge is 2.34. The maximum Gasteiger partial charge on any atom is 0.573 e. The zero-order valence-corrected chi connectivity index (χ0v) is 19.3. The molecule has 1 aromatic heterocycles. The van der Waals surface area contributed by atoms with Gasteiger partial charge in [-0.15, -0.1) is 13.2 Å². The van der Waals surface area contributed by atoms with Gasteiger partial charge in [0.2, 0.25) is 0 Å². The van der Waals surface area contributed by atoms with Gasteiger partial charge in [-0.05, 0) is 42.5 Å². The number of anilines is 2. The molecule has 34 heavy (non-hydrogen) atoms. The summed E-state index contributed by atoms with van der Waals surface area (Å²) < 4.78 is 47.4. The van der Waals surface area contributed by atoms with Crippen LogP contribution in [0.4, 0.5) is 24.7 Å². The van der Waals surface area contributed by atoms with Crippen LogP contribution in [0.1, 0.15) is 26.7 Å². The largest absolute Gasteiger partial charge is 0.573 e. The number of aldehydes is 1. The van der Waals surface area contributed by atoms with E-state index in [1.165, 1.54) is 24.3 Å². The van der Waals surface area contributed by atoms with Gasteiger partial charge in [-0.3, -0.25) is 4.90 Å². The molecule has 1 fully saturated rings. The normalized spacial score (nSPS) is 20.3. The summed E-state index contributed by atoms with van der Waals surface area (Å²) in [7, 11) is 0. The Morgan fingerprint density at radius 3 is 2.47 bits per heavy atom. The quantitative estimate of drug-likeness (QED) is 0.436. The zero-order valence-electron chi connectivity index (χ0n) is 18.5. The van der Waals surface area contributed by atoms with Crippen LogP contribution >= 0.6 is 11.6 Å². The molecule has 1 saturated heterocycles. The predicted molar refractivity (Wildman–Crippen MR) is 123 cm³/mol. The number of aliphatic hydroxyl groups excluding tert-OH is 1. The SMILES string of the molecule is CC.O=CC1CC(O)CC(N(c2ccc(OC(F)(F)F)cc2)c2ccc3cccc(Cl)c3n2)O1. The third kappa shape index (κ3) is 6.16. The second kappa shape index (κ2) is 11.0.